The molecular weight excluding hydrogens is 1270 g/mol. The smallest absolute Gasteiger partial charge is 0.143 e. The Morgan fingerprint density at radius 3 is 1.06 bits per heavy atom. The van der Waals surface area contributed by atoms with Crippen molar-refractivity contribution in [3.05, 3.63) is 382 Å². The highest BCUT2D eigenvalue weighted by Gasteiger charge is 2.24. The van der Waals surface area contributed by atoms with Crippen LogP contribution in [0.3, 0.4) is 0 Å². The van der Waals surface area contributed by atoms with E-state index < -0.39 is 0 Å². The molecule has 0 fully saturated rings. The van der Waals surface area contributed by atoms with Gasteiger partial charge in [0.25, 0.3) is 0 Å². The minimum Gasteiger partial charge on any atom is -0.456 e. The first-order valence-electron chi connectivity index (χ1n) is 36.1. The van der Waals surface area contributed by atoms with Gasteiger partial charge in [-0.3, -0.25) is 0 Å². The standard InChI is InChI=1S/C54H33NO.C48H30O/c1-2-16-38(17-3-1)55-48-26-11-10-22-46(48)53-43(23-13-27-49(53)55)44-24-12-25-45-47-33-37(30-31-50(47)56-54(44)45)52-41-20-8-6-18-39(41)51(40-19-7-9-21-42(40)52)36-29-28-34-14-4-5-15-35(34)32-36;1-2-10-31(11-3-1)36-24-26-45-43(29-36)44-30-37(25-27-46(44)49-45)33-18-21-34(22-19-33)47-39-14-6-8-16-41(39)48(42-17-9-7-15-40(42)47)38-23-20-32-12-4-5-13-35(32)28-38/h1-33H;1-30H. The summed E-state index contributed by atoms with van der Waals surface area (Å²) in [5.74, 6) is 0. The molecule has 488 valence electrons. The van der Waals surface area contributed by atoms with Crippen molar-refractivity contribution in [3.8, 4) is 83.6 Å². The summed E-state index contributed by atoms with van der Waals surface area (Å²) in [6, 6.07) is 138. The fraction of sp³-hybridized carbons (Fsp3) is 0. The lowest BCUT2D eigenvalue weighted by molar-refractivity contribution is 0.669. The summed E-state index contributed by atoms with van der Waals surface area (Å²) in [6.45, 7) is 0. The molecule has 3 nitrogen and oxygen atoms in total. The third-order valence-corrected chi connectivity index (χ3v) is 21.8. The molecule has 0 spiro atoms. The van der Waals surface area contributed by atoms with Gasteiger partial charge in [0, 0.05) is 43.6 Å². The lowest BCUT2D eigenvalue weighted by Crippen LogP contribution is -1.92. The first kappa shape index (κ1) is 60.0. The summed E-state index contributed by atoms with van der Waals surface area (Å²) in [7, 11) is 0. The monoisotopic (exact) mass is 1330 g/mol. The van der Waals surface area contributed by atoms with Crippen molar-refractivity contribution in [1.29, 1.82) is 0 Å². The van der Waals surface area contributed by atoms with Crippen molar-refractivity contribution >= 4 is 130 Å². The van der Waals surface area contributed by atoms with Crippen LogP contribution in [0, 0.1) is 0 Å². The van der Waals surface area contributed by atoms with Crippen LogP contribution in [0.1, 0.15) is 0 Å². The van der Waals surface area contributed by atoms with Gasteiger partial charge >= 0.3 is 0 Å². The van der Waals surface area contributed by atoms with Crippen molar-refractivity contribution in [2.45, 2.75) is 0 Å². The second-order valence-corrected chi connectivity index (χ2v) is 27.7. The molecule has 0 aliphatic heterocycles. The van der Waals surface area contributed by atoms with Gasteiger partial charge in [-0.25, -0.2) is 0 Å². The first-order chi connectivity index (χ1) is 52.1. The topological polar surface area (TPSA) is 31.2 Å². The van der Waals surface area contributed by atoms with Crippen LogP contribution >= 0.6 is 0 Å². The van der Waals surface area contributed by atoms with E-state index in [-0.39, 0.29) is 0 Å². The number of hydrogen-bond acceptors (Lipinski definition) is 2. The molecule has 0 aliphatic rings. The highest BCUT2D eigenvalue weighted by atomic mass is 16.3. The fourth-order valence-corrected chi connectivity index (χ4v) is 17.1. The van der Waals surface area contributed by atoms with E-state index in [0.29, 0.717) is 0 Å². The van der Waals surface area contributed by atoms with Crippen molar-refractivity contribution in [2.75, 3.05) is 0 Å². The number of rotatable bonds is 8. The minimum absolute atomic E-state index is 0.886. The molecule has 19 aromatic carbocycles. The van der Waals surface area contributed by atoms with Crippen LogP contribution in [-0.4, -0.2) is 4.57 Å². The van der Waals surface area contributed by atoms with Gasteiger partial charge in [0.1, 0.15) is 22.3 Å². The Labute approximate surface area is 605 Å². The van der Waals surface area contributed by atoms with E-state index in [4.69, 9.17) is 8.83 Å². The predicted molar refractivity (Wildman–Crippen MR) is 445 cm³/mol. The molecule has 3 heteroatoms. The van der Waals surface area contributed by atoms with Crippen LogP contribution in [0.25, 0.3) is 214 Å². The van der Waals surface area contributed by atoms with Crippen LogP contribution in [0.2, 0.25) is 0 Å². The molecule has 0 atom stereocenters. The molecule has 3 aromatic heterocycles. The van der Waals surface area contributed by atoms with E-state index in [0.717, 1.165) is 55.1 Å². The molecule has 0 N–H and O–H groups in total. The van der Waals surface area contributed by atoms with Gasteiger partial charge in [0.2, 0.25) is 0 Å². The Balaban J connectivity index is 0.000000137. The Morgan fingerprint density at radius 1 is 0.181 bits per heavy atom. The molecular formula is C102H63NO2. The van der Waals surface area contributed by atoms with Gasteiger partial charge in [-0.1, -0.05) is 309 Å². The zero-order valence-corrected chi connectivity index (χ0v) is 57.1. The number of nitrogens with zero attached hydrogens (tertiary/aromatic N) is 1. The van der Waals surface area contributed by atoms with E-state index in [1.807, 2.05) is 0 Å². The zero-order chi connectivity index (χ0) is 69.1. The maximum absolute atomic E-state index is 6.86. The number of benzene rings is 19. The Bertz CT molecular complexity index is 7140. The molecule has 0 saturated heterocycles. The van der Waals surface area contributed by atoms with Crippen molar-refractivity contribution in [3.63, 3.8) is 0 Å². The third-order valence-electron chi connectivity index (χ3n) is 21.8. The quantitative estimate of drug-likeness (QED) is 0.142. The van der Waals surface area contributed by atoms with Gasteiger partial charge in [-0.2, -0.15) is 0 Å². The maximum atomic E-state index is 6.86. The lowest BCUT2D eigenvalue weighted by atomic mass is 9.85. The first-order valence-corrected chi connectivity index (χ1v) is 36.1. The van der Waals surface area contributed by atoms with Crippen LogP contribution in [0.15, 0.2) is 391 Å². The molecule has 22 aromatic rings. The molecule has 105 heavy (non-hydrogen) atoms. The summed E-state index contributed by atoms with van der Waals surface area (Å²) in [6.07, 6.45) is 0. The van der Waals surface area contributed by atoms with E-state index in [2.05, 4.69) is 387 Å². The molecule has 22 rings (SSSR count). The van der Waals surface area contributed by atoms with E-state index in [9.17, 15) is 0 Å². The lowest BCUT2D eigenvalue weighted by Gasteiger charge is -2.18. The number of fused-ring (bicyclic) bond motifs is 15. The number of para-hydroxylation sites is 3. The molecule has 0 bridgehead atoms. The predicted octanol–water partition coefficient (Wildman–Crippen LogP) is 28.9. The summed E-state index contributed by atoms with van der Waals surface area (Å²) in [5, 5.41) is 22.0. The average Bonchev–Trinajstić information content (AvgIpc) is 1.71. The van der Waals surface area contributed by atoms with Crippen molar-refractivity contribution < 1.29 is 8.83 Å². The van der Waals surface area contributed by atoms with Crippen LogP contribution in [0.4, 0.5) is 0 Å². The zero-order valence-electron chi connectivity index (χ0n) is 57.1. The molecule has 0 radical (unpaired) electrons. The highest BCUT2D eigenvalue weighted by Crippen LogP contribution is 2.49. The van der Waals surface area contributed by atoms with Crippen LogP contribution in [-0.2, 0) is 0 Å². The highest BCUT2D eigenvalue weighted by molar-refractivity contribution is 6.25. The second kappa shape index (κ2) is 24.5. The normalized spacial score (nSPS) is 11.8. The fourth-order valence-electron chi connectivity index (χ4n) is 17.1. The Hall–Kier alpha value is -13.9. The van der Waals surface area contributed by atoms with Gasteiger partial charge in [0.15, 0.2) is 0 Å². The SMILES string of the molecule is c1ccc(-c2ccc3oc4ccc(-c5ccc(-c6c7ccccc7c(-c7ccc8ccccc8c7)c7ccccc67)cc5)cc4c3c2)cc1.c1ccc(-n2c3ccccc3c3c(-c4cccc5c4oc4ccc(-c6c7ccccc7c(-c7ccc8ccccc8c7)c7ccccc67)cc45)cccc32)cc1. The minimum atomic E-state index is 0.886. The third kappa shape index (κ3) is 9.89. The number of hydrogen-bond donors (Lipinski definition) is 0. The van der Waals surface area contributed by atoms with Gasteiger partial charge in [0.05, 0.1) is 11.0 Å². The summed E-state index contributed by atoms with van der Waals surface area (Å²) in [5.41, 5.74) is 24.1. The summed E-state index contributed by atoms with van der Waals surface area (Å²) in [4.78, 5) is 0. The summed E-state index contributed by atoms with van der Waals surface area (Å²) >= 11 is 0. The van der Waals surface area contributed by atoms with E-state index >= 15 is 0 Å². The molecule has 0 aliphatic carbocycles. The van der Waals surface area contributed by atoms with Gasteiger partial charge in [-0.05, 0) is 210 Å². The largest absolute Gasteiger partial charge is 0.456 e. The van der Waals surface area contributed by atoms with Gasteiger partial charge < -0.3 is 13.4 Å². The summed E-state index contributed by atoms with van der Waals surface area (Å²) < 4.78 is 15.5. The Morgan fingerprint density at radius 2 is 0.524 bits per heavy atom. The van der Waals surface area contributed by atoms with Crippen LogP contribution in [0.5, 0.6) is 0 Å². The molecule has 0 unspecified atom stereocenters. The van der Waals surface area contributed by atoms with Gasteiger partial charge in [-0.15, -0.1) is 0 Å². The van der Waals surface area contributed by atoms with Crippen molar-refractivity contribution in [1.82, 2.24) is 4.57 Å². The maximum Gasteiger partial charge on any atom is 0.143 e. The molecule has 0 amide bonds. The average molecular weight is 1330 g/mol. The number of furan rings is 2. The van der Waals surface area contributed by atoms with Crippen molar-refractivity contribution in [2.24, 2.45) is 0 Å². The van der Waals surface area contributed by atoms with Crippen LogP contribution < -0.4 is 0 Å². The molecule has 0 saturated carbocycles. The van der Waals surface area contributed by atoms with E-state index in [1.54, 1.807) is 0 Å². The molecule has 3 heterocycles. The number of aromatic nitrogens is 1. The van der Waals surface area contributed by atoms with E-state index in [1.165, 1.54) is 159 Å². The Kier molecular flexibility index (Phi) is 14.0. The second-order valence-electron chi connectivity index (χ2n) is 27.7.